The molecule has 3 heterocycles. The molecule has 0 bridgehead atoms. The molecule has 2 fully saturated rings. The summed E-state index contributed by atoms with van der Waals surface area (Å²) in [6.07, 6.45) is 7.29. The molecule has 0 radical (unpaired) electrons. The van der Waals surface area contributed by atoms with Crippen LogP contribution in [0.4, 0.5) is 5.69 Å². The molecule has 0 aromatic carbocycles. The maximum absolute atomic E-state index is 5.61. The Balaban J connectivity index is 1.45. The predicted octanol–water partition coefficient (Wildman–Crippen LogP) is 3.31. The smallest absolute Gasteiger partial charge is 0.220 e. The molecule has 4 rings (SSSR count). The van der Waals surface area contributed by atoms with Crippen LogP contribution < -0.4 is 4.90 Å². The van der Waals surface area contributed by atoms with Gasteiger partial charge in [-0.05, 0) is 46.7 Å². The topological polar surface area (TPSA) is 55.1 Å². The van der Waals surface area contributed by atoms with E-state index in [1.165, 1.54) is 24.9 Å². The van der Waals surface area contributed by atoms with Crippen molar-refractivity contribution in [2.24, 2.45) is 5.41 Å². The molecule has 1 spiro atoms. The van der Waals surface area contributed by atoms with Crippen LogP contribution in [0.5, 0.6) is 0 Å². The Bertz CT molecular complexity index is 663. The van der Waals surface area contributed by atoms with E-state index < -0.39 is 0 Å². The minimum Gasteiger partial charge on any atom is -0.425 e. The Morgan fingerprint density at radius 1 is 1.33 bits per heavy atom. The van der Waals surface area contributed by atoms with Gasteiger partial charge in [0.2, 0.25) is 11.8 Å². The van der Waals surface area contributed by atoms with Gasteiger partial charge >= 0.3 is 0 Å². The highest BCUT2D eigenvalue weighted by molar-refractivity contribution is 9.10. The summed E-state index contributed by atoms with van der Waals surface area (Å²) in [5.74, 6) is 1.98. The third kappa shape index (κ3) is 2.25. The number of hydrogen-bond donors (Lipinski definition) is 0. The van der Waals surface area contributed by atoms with E-state index in [1.54, 1.807) is 0 Å². The summed E-state index contributed by atoms with van der Waals surface area (Å²) in [4.78, 5) is 6.57. The summed E-state index contributed by atoms with van der Waals surface area (Å²) in [5, 5.41) is 8.16. The van der Waals surface area contributed by atoms with Gasteiger partial charge in [-0.25, -0.2) is 0 Å². The predicted molar refractivity (Wildman–Crippen MR) is 82.2 cm³/mol. The molecule has 6 heteroatoms. The molecule has 0 N–H and O–H groups in total. The van der Waals surface area contributed by atoms with Crippen LogP contribution in [-0.2, 0) is 0 Å². The molecule has 1 unspecified atom stereocenters. The van der Waals surface area contributed by atoms with Crippen LogP contribution in [0.25, 0.3) is 0 Å². The standard InChI is InChI=1S/C15H17BrN4O/c1-10-18-19-14(21-10)11-8-15(11)3-6-20(7-4-15)13-2-5-17-9-12(13)16/h2,5,9,11H,3-4,6-8H2,1H3. The SMILES string of the molecule is Cc1nnc(C2CC23CCN(c2ccncc2Br)CC3)o1. The first-order valence-electron chi connectivity index (χ1n) is 7.32. The number of aromatic nitrogens is 3. The van der Waals surface area contributed by atoms with Crippen molar-refractivity contribution in [3.8, 4) is 0 Å². The maximum atomic E-state index is 5.61. The van der Waals surface area contributed by atoms with Gasteiger partial charge in [0.1, 0.15) is 0 Å². The van der Waals surface area contributed by atoms with Gasteiger partial charge in [0.15, 0.2) is 0 Å². The number of piperidine rings is 1. The molecule has 1 saturated heterocycles. The molecule has 2 aliphatic rings. The number of nitrogens with zero attached hydrogens (tertiary/aromatic N) is 4. The second kappa shape index (κ2) is 4.80. The Morgan fingerprint density at radius 2 is 2.14 bits per heavy atom. The molecule has 110 valence electrons. The van der Waals surface area contributed by atoms with Gasteiger partial charge in [-0.3, -0.25) is 4.98 Å². The third-order valence-electron chi connectivity index (χ3n) is 4.88. The summed E-state index contributed by atoms with van der Waals surface area (Å²) in [6, 6.07) is 2.08. The minimum atomic E-state index is 0.398. The number of aryl methyl sites for hydroxylation is 1. The van der Waals surface area contributed by atoms with Gasteiger partial charge < -0.3 is 9.32 Å². The summed E-state index contributed by atoms with van der Waals surface area (Å²) in [6.45, 7) is 4.01. The Hall–Kier alpha value is -1.43. The van der Waals surface area contributed by atoms with E-state index >= 15 is 0 Å². The number of pyridine rings is 1. The molecule has 1 atom stereocenters. The molecule has 2 aromatic rings. The lowest BCUT2D eigenvalue weighted by Gasteiger charge is -2.34. The van der Waals surface area contributed by atoms with E-state index in [4.69, 9.17) is 4.42 Å². The average molecular weight is 349 g/mol. The summed E-state index contributed by atoms with van der Waals surface area (Å²) in [5.41, 5.74) is 1.64. The van der Waals surface area contributed by atoms with Gasteiger partial charge in [-0.15, -0.1) is 10.2 Å². The van der Waals surface area contributed by atoms with Gasteiger partial charge in [0.05, 0.1) is 10.2 Å². The zero-order chi connectivity index (χ0) is 14.4. The Morgan fingerprint density at radius 3 is 2.81 bits per heavy atom. The second-order valence-corrected chi connectivity index (χ2v) is 6.95. The summed E-state index contributed by atoms with van der Waals surface area (Å²) >= 11 is 3.59. The van der Waals surface area contributed by atoms with Crippen LogP contribution in [0.1, 0.15) is 37.0 Å². The van der Waals surface area contributed by atoms with Crippen LogP contribution in [0.2, 0.25) is 0 Å². The molecule has 21 heavy (non-hydrogen) atoms. The number of rotatable bonds is 2. The maximum Gasteiger partial charge on any atom is 0.220 e. The van der Waals surface area contributed by atoms with E-state index in [9.17, 15) is 0 Å². The fourth-order valence-electron chi connectivity index (χ4n) is 3.52. The zero-order valence-corrected chi connectivity index (χ0v) is 13.5. The fraction of sp³-hybridized carbons (Fsp3) is 0.533. The minimum absolute atomic E-state index is 0.398. The largest absolute Gasteiger partial charge is 0.425 e. The highest BCUT2D eigenvalue weighted by atomic mass is 79.9. The molecule has 0 amide bonds. The van der Waals surface area contributed by atoms with Crippen molar-refractivity contribution < 1.29 is 4.42 Å². The lowest BCUT2D eigenvalue weighted by atomic mass is 9.90. The highest BCUT2D eigenvalue weighted by Gasteiger charge is 2.58. The first kappa shape index (κ1) is 13.2. The second-order valence-electron chi connectivity index (χ2n) is 6.09. The van der Waals surface area contributed by atoms with Gasteiger partial charge in [0, 0.05) is 38.3 Å². The number of halogens is 1. The van der Waals surface area contributed by atoms with Crippen LogP contribution in [-0.4, -0.2) is 28.3 Å². The van der Waals surface area contributed by atoms with E-state index in [0.29, 0.717) is 17.2 Å². The lowest BCUT2D eigenvalue weighted by Crippen LogP contribution is -2.35. The van der Waals surface area contributed by atoms with Crippen LogP contribution in [0.3, 0.4) is 0 Å². The van der Waals surface area contributed by atoms with Crippen molar-refractivity contribution in [2.45, 2.75) is 32.1 Å². The highest BCUT2D eigenvalue weighted by Crippen LogP contribution is 2.64. The van der Waals surface area contributed by atoms with E-state index in [1.807, 2.05) is 19.3 Å². The lowest BCUT2D eigenvalue weighted by molar-refractivity contribution is 0.349. The Kier molecular flexibility index (Phi) is 3.03. The first-order valence-corrected chi connectivity index (χ1v) is 8.12. The number of anilines is 1. The van der Waals surface area contributed by atoms with Gasteiger partial charge in [-0.2, -0.15) is 0 Å². The molecule has 1 aliphatic heterocycles. The molecule has 1 saturated carbocycles. The monoisotopic (exact) mass is 348 g/mol. The van der Waals surface area contributed by atoms with E-state index in [2.05, 4.69) is 42.1 Å². The van der Waals surface area contributed by atoms with Crippen LogP contribution in [0, 0.1) is 12.3 Å². The van der Waals surface area contributed by atoms with Crippen molar-refractivity contribution in [1.82, 2.24) is 15.2 Å². The molecular formula is C15H17BrN4O. The quantitative estimate of drug-likeness (QED) is 0.833. The molecule has 2 aromatic heterocycles. The van der Waals surface area contributed by atoms with Crippen LogP contribution >= 0.6 is 15.9 Å². The van der Waals surface area contributed by atoms with Gasteiger partial charge in [-0.1, -0.05) is 0 Å². The van der Waals surface area contributed by atoms with Crippen molar-refractivity contribution in [3.05, 3.63) is 34.7 Å². The number of hydrogen-bond acceptors (Lipinski definition) is 5. The van der Waals surface area contributed by atoms with Gasteiger partial charge in [0.25, 0.3) is 0 Å². The zero-order valence-electron chi connectivity index (χ0n) is 11.9. The third-order valence-corrected chi connectivity index (χ3v) is 5.49. The van der Waals surface area contributed by atoms with Crippen molar-refractivity contribution in [2.75, 3.05) is 18.0 Å². The van der Waals surface area contributed by atoms with Crippen molar-refractivity contribution >= 4 is 21.6 Å². The normalized spacial score (nSPS) is 23.5. The first-order chi connectivity index (χ1) is 10.2. The van der Waals surface area contributed by atoms with Crippen molar-refractivity contribution in [3.63, 3.8) is 0 Å². The molecule has 5 nitrogen and oxygen atoms in total. The molecular weight excluding hydrogens is 332 g/mol. The summed E-state index contributed by atoms with van der Waals surface area (Å²) < 4.78 is 6.68. The summed E-state index contributed by atoms with van der Waals surface area (Å²) in [7, 11) is 0. The van der Waals surface area contributed by atoms with E-state index in [-0.39, 0.29) is 0 Å². The average Bonchev–Trinajstić information content (AvgIpc) is 3.00. The van der Waals surface area contributed by atoms with E-state index in [0.717, 1.165) is 23.5 Å². The van der Waals surface area contributed by atoms with Crippen LogP contribution in [0.15, 0.2) is 27.3 Å². The fourth-order valence-corrected chi connectivity index (χ4v) is 4.02. The Labute approximate surface area is 131 Å². The van der Waals surface area contributed by atoms with Crippen molar-refractivity contribution in [1.29, 1.82) is 0 Å². The molecule has 1 aliphatic carbocycles.